The first-order valence-corrected chi connectivity index (χ1v) is 0. The largest absolute Gasteiger partial charge is 0.344 e. The molecule has 0 rings (SSSR count). The Bertz CT molecular complexity index is 8.00. The van der Waals surface area contributed by atoms with E-state index in [2.05, 4.69) is 0 Å². The van der Waals surface area contributed by atoms with E-state index in [1.807, 2.05) is 0 Å². The molecular weight excluding hydrogens is 124 g/mol. The Balaban J connectivity index is 0. The van der Waals surface area contributed by atoms with E-state index >= 15 is 0 Å². The zero-order valence-corrected chi connectivity index (χ0v) is 9.87. The van der Waals surface area contributed by atoms with Gasteiger partial charge < -0.3 is 6.15 Å². The molecule has 1 atom stereocenters. The molecule has 3 N–H and O–H groups in total. The Hall–Kier alpha value is 3.29. The van der Waals surface area contributed by atoms with Crippen molar-refractivity contribution in [2.45, 2.75) is 0 Å². The SMILES string of the molecule is N.P.[Ca].[K]. The zero-order valence-electron chi connectivity index (χ0n) is 3.12. The second kappa shape index (κ2) is 16.3. The van der Waals surface area contributed by atoms with Crippen LogP contribution in [0.5, 0.6) is 0 Å². The van der Waals surface area contributed by atoms with Crippen LogP contribution in [0.25, 0.3) is 0 Å². The van der Waals surface area contributed by atoms with Gasteiger partial charge in [-0.1, -0.05) is 0 Å². The standard InChI is InChI=1S/Ca.K.H3N.H3P/h;;2*1H3. The third-order valence-electron chi connectivity index (χ3n) is 0. The second-order valence-electron chi connectivity index (χ2n) is 0. The predicted octanol–water partition coefficient (Wildman–Crippen LogP) is -0.542. The van der Waals surface area contributed by atoms with Crippen molar-refractivity contribution in [2.24, 2.45) is 0 Å². The molecule has 0 amide bonds. The minimum Gasteiger partial charge on any atom is -0.344 e. The van der Waals surface area contributed by atoms with E-state index in [1.165, 1.54) is 0 Å². The van der Waals surface area contributed by atoms with Crippen molar-refractivity contribution in [3.63, 3.8) is 0 Å². The number of hydrogen-bond acceptors (Lipinski definition) is 1. The van der Waals surface area contributed by atoms with Crippen LogP contribution in [0.3, 0.4) is 0 Å². The van der Waals surface area contributed by atoms with Crippen molar-refractivity contribution < 1.29 is 0 Å². The van der Waals surface area contributed by atoms with E-state index in [1.54, 1.807) is 0 Å². The molecule has 0 aliphatic heterocycles. The van der Waals surface area contributed by atoms with Gasteiger partial charge in [0.05, 0.1) is 0 Å². The molecule has 4 heavy (non-hydrogen) atoms. The number of rotatable bonds is 0. The van der Waals surface area contributed by atoms with Gasteiger partial charge in [0, 0.05) is 89.1 Å². The molecule has 0 spiro atoms. The van der Waals surface area contributed by atoms with E-state index < -0.39 is 0 Å². The van der Waals surface area contributed by atoms with Crippen LogP contribution in [-0.2, 0) is 0 Å². The first-order valence-electron chi connectivity index (χ1n) is 0. The van der Waals surface area contributed by atoms with E-state index in [-0.39, 0.29) is 105 Å². The topological polar surface area (TPSA) is 35.0 Å². The van der Waals surface area contributed by atoms with Gasteiger partial charge >= 0.3 is 0 Å². The summed E-state index contributed by atoms with van der Waals surface area (Å²) in [4.78, 5) is 0. The second-order valence-corrected chi connectivity index (χ2v) is 0. The van der Waals surface area contributed by atoms with E-state index in [9.17, 15) is 0 Å². The molecule has 0 heterocycles. The summed E-state index contributed by atoms with van der Waals surface area (Å²) < 4.78 is 0. The average molecular weight is 130 g/mol. The van der Waals surface area contributed by atoms with Gasteiger partial charge in [0.15, 0.2) is 0 Å². The molecule has 0 bridgehead atoms. The molecule has 1 unspecified atom stereocenters. The van der Waals surface area contributed by atoms with Gasteiger partial charge in [-0.05, 0) is 0 Å². The molecule has 19 valence electrons. The third-order valence-corrected chi connectivity index (χ3v) is 0. The van der Waals surface area contributed by atoms with Crippen molar-refractivity contribution in [2.75, 3.05) is 0 Å². The fraction of sp³-hybridized carbons (Fsp3) is 0. The molecule has 0 aromatic carbocycles. The first kappa shape index (κ1) is 26.7. The maximum Gasteiger partial charge on any atom is 0 e. The van der Waals surface area contributed by atoms with Crippen LogP contribution >= 0.6 is 9.90 Å². The van der Waals surface area contributed by atoms with E-state index in [0.29, 0.717) is 0 Å². The fourth-order valence-electron chi connectivity index (χ4n) is 0. The predicted molar refractivity (Wildman–Crippen MR) is 27.6 cm³/mol. The van der Waals surface area contributed by atoms with Crippen molar-refractivity contribution in [1.29, 1.82) is 0 Å². The van der Waals surface area contributed by atoms with E-state index in [0.717, 1.165) is 0 Å². The van der Waals surface area contributed by atoms with Gasteiger partial charge in [0.1, 0.15) is 0 Å². The van der Waals surface area contributed by atoms with Crippen LogP contribution < -0.4 is 6.15 Å². The van der Waals surface area contributed by atoms with Crippen molar-refractivity contribution in [3.8, 4) is 0 Å². The van der Waals surface area contributed by atoms with Gasteiger partial charge in [-0.15, -0.1) is 0 Å². The minimum atomic E-state index is 0. The summed E-state index contributed by atoms with van der Waals surface area (Å²) in [6.07, 6.45) is 0. The van der Waals surface area contributed by atoms with Crippen molar-refractivity contribution in [1.82, 2.24) is 6.15 Å². The third kappa shape index (κ3) is 8.99. The Morgan fingerprint density at radius 2 is 1.00 bits per heavy atom. The van der Waals surface area contributed by atoms with Crippen LogP contribution in [0, 0.1) is 0 Å². The normalized spacial score (nSPS) is 0. The summed E-state index contributed by atoms with van der Waals surface area (Å²) in [5.74, 6) is 0. The smallest absolute Gasteiger partial charge is 0 e. The Morgan fingerprint density at radius 1 is 1.00 bits per heavy atom. The van der Waals surface area contributed by atoms with Crippen LogP contribution in [0.2, 0.25) is 0 Å². The molecular formula is H6CaKNP. The summed E-state index contributed by atoms with van der Waals surface area (Å²) in [6.45, 7) is 0. The zero-order chi connectivity index (χ0) is 0. The maximum atomic E-state index is 0. The van der Waals surface area contributed by atoms with Crippen LogP contribution in [0.1, 0.15) is 0 Å². The van der Waals surface area contributed by atoms with Crippen molar-refractivity contribution >= 4 is 99.0 Å². The summed E-state index contributed by atoms with van der Waals surface area (Å²) in [5, 5.41) is 0. The van der Waals surface area contributed by atoms with E-state index in [4.69, 9.17) is 0 Å². The van der Waals surface area contributed by atoms with Crippen LogP contribution in [-0.4, -0.2) is 89.1 Å². The summed E-state index contributed by atoms with van der Waals surface area (Å²) in [7, 11) is 0. The Kier molecular flexibility index (Phi) is 108. The summed E-state index contributed by atoms with van der Waals surface area (Å²) >= 11 is 0. The molecule has 0 aromatic heterocycles. The minimum absolute atomic E-state index is 0. The van der Waals surface area contributed by atoms with Gasteiger partial charge in [0.2, 0.25) is 0 Å². The summed E-state index contributed by atoms with van der Waals surface area (Å²) in [5.41, 5.74) is 0. The Labute approximate surface area is 102 Å². The molecule has 1 nitrogen and oxygen atoms in total. The molecule has 0 aliphatic rings. The Morgan fingerprint density at radius 3 is 1.00 bits per heavy atom. The molecule has 0 fully saturated rings. The van der Waals surface area contributed by atoms with Gasteiger partial charge in [-0.25, -0.2) is 0 Å². The molecule has 3 radical (unpaired) electrons. The molecule has 0 saturated carbocycles. The summed E-state index contributed by atoms with van der Waals surface area (Å²) in [6, 6.07) is 0. The van der Waals surface area contributed by atoms with Crippen molar-refractivity contribution in [3.05, 3.63) is 0 Å². The van der Waals surface area contributed by atoms with Gasteiger partial charge in [0.25, 0.3) is 0 Å². The van der Waals surface area contributed by atoms with Crippen LogP contribution in [0.4, 0.5) is 0 Å². The molecule has 0 saturated heterocycles. The van der Waals surface area contributed by atoms with Crippen LogP contribution in [0.15, 0.2) is 0 Å². The molecule has 0 aliphatic carbocycles. The molecule has 4 heteroatoms. The number of hydrogen-bond donors (Lipinski definition) is 1. The maximum absolute atomic E-state index is 0. The quantitative estimate of drug-likeness (QED) is 0.347. The van der Waals surface area contributed by atoms with Gasteiger partial charge in [-0.2, -0.15) is 9.90 Å². The molecule has 0 aromatic rings. The van der Waals surface area contributed by atoms with Gasteiger partial charge in [-0.3, -0.25) is 0 Å². The fourth-order valence-corrected chi connectivity index (χ4v) is 0. The monoisotopic (exact) mass is 130 g/mol. The average Bonchev–Trinajstić information content (AvgIpc) is 0. The first-order chi connectivity index (χ1) is 0.